The highest BCUT2D eigenvalue weighted by atomic mass is 31.2. The maximum absolute atomic E-state index is 12.9. The lowest BCUT2D eigenvalue weighted by Crippen LogP contribution is -2.30. The van der Waals surface area contributed by atoms with E-state index in [4.69, 9.17) is 37.0 Å². The van der Waals surface area contributed by atoms with E-state index in [1.165, 1.54) is 83.5 Å². The number of phosphoric ester groups is 2. The quantitative estimate of drug-likeness (QED) is 0.0222. The molecule has 0 rings (SSSR count). The van der Waals surface area contributed by atoms with Crippen LogP contribution in [0.3, 0.4) is 0 Å². The second kappa shape index (κ2) is 51.0. The van der Waals surface area contributed by atoms with Gasteiger partial charge in [-0.25, -0.2) is 9.13 Å². The van der Waals surface area contributed by atoms with Crippen molar-refractivity contribution < 1.29 is 80.2 Å². The SMILES string of the molecule is CCCCCCCCCCCC(=O)O[C@H](COC(=O)CCCCCCC)COP(=O)(O)OC[C@H](O)COP(=O)(O)OC[C@@H](COC(=O)CCCCCCCCC(C)C)OC(=O)CCCCCCCCCCCCC(C)CC. The maximum Gasteiger partial charge on any atom is 0.472 e. The lowest BCUT2D eigenvalue weighted by atomic mass is 9.99. The lowest BCUT2D eigenvalue weighted by molar-refractivity contribution is -0.161. The van der Waals surface area contributed by atoms with Crippen molar-refractivity contribution in [3.63, 3.8) is 0 Å². The molecular formula is C58H112O17P2. The van der Waals surface area contributed by atoms with Crippen LogP contribution in [0, 0.1) is 11.8 Å². The number of hydrogen-bond donors (Lipinski definition) is 3. The topological polar surface area (TPSA) is 237 Å². The average molecular weight is 1140 g/mol. The van der Waals surface area contributed by atoms with Gasteiger partial charge in [-0.15, -0.1) is 0 Å². The molecule has 456 valence electrons. The van der Waals surface area contributed by atoms with Crippen LogP contribution in [0.2, 0.25) is 0 Å². The van der Waals surface area contributed by atoms with Gasteiger partial charge in [0.2, 0.25) is 0 Å². The van der Waals surface area contributed by atoms with E-state index in [1.807, 2.05) is 0 Å². The third-order valence-corrected chi connectivity index (χ3v) is 15.5. The smallest absolute Gasteiger partial charge is 0.462 e. The summed E-state index contributed by atoms with van der Waals surface area (Å²) >= 11 is 0. The Morgan fingerprint density at radius 3 is 0.987 bits per heavy atom. The largest absolute Gasteiger partial charge is 0.472 e. The van der Waals surface area contributed by atoms with Crippen molar-refractivity contribution in [2.24, 2.45) is 11.8 Å². The van der Waals surface area contributed by atoms with E-state index in [0.29, 0.717) is 31.6 Å². The van der Waals surface area contributed by atoms with Crippen molar-refractivity contribution in [2.45, 2.75) is 297 Å². The van der Waals surface area contributed by atoms with Gasteiger partial charge in [0.05, 0.1) is 26.4 Å². The van der Waals surface area contributed by atoms with Crippen LogP contribution in [0.5, 0.6) is 0 Å². The zero-order chi connectivity index (χ0) is 57.3. The van der Waals surface area contributed by atoms with E-state index >= 15 is 0 Å². The Bertz CT molecular complexity index is 1530. The Balaban J connectivity index is 5.18. The molecule has 0 amide bonds. The van der Waals surface area contributed by atoms with Crippen LogP contribution in [-0.2, 0) is 65.4 Å². The summed E-state index contributed by atoms with van der Waals surface area (Å²) in [5.41, 5.74) is 0. The highest BCUT2D eigenvalue weighted by molar-refractivity contribution is 7.47. The zero-order valence-corrected chi connectivity index (χ0v) is 51.0. The van der Waals surface area contributed by atoms with Gasteiger partial charge in [0.1, 0.15) is 19.3 Å². The molecule has 0 aliphatic rings. The number of aliphatic hydroxyl groups excluding tert-OH is 1. The van der Waals surface area contributed by atoms with Crippen LogP contribution >= 0.6 is 15.6 Å². The molecule has 17 nitrogen and oxygen atoms in total. The number of aliphatic hydroxyl groups is 1. The van der Waals surface area contributed by atoms with Crippen molar-refractivity contribution in [3.8, 4) is 0 Å². The normalized spacial score (nSPS) is 14.8. The molecule has 19 heteroatoms. The van der Waals surface area contributed by atoms with Gasteiger partial charge in [-0.05, 0) is 37.5 Å². The van der Waals surface area contributed by atoms with E-state index < -0.39 is 97.5 Å². The first kappa shape index (κ1) is 75.1. The first-order chi connectivity index (χ1) is 36.9. The predicted octanol–water partition coefficient (Wildman–Crippen LogP) is 15.3. The van der Waals surface area contributed by atoms with Crippen LogP contribution in [0.4, 0.5) is 0 Å². The van der Waals surface area contributed by atoms with Crippen molar-refractivity contribution in [2.75, 3.05) is 39.6 Å². The molecule has 0 aromatic heterocycles. The first-order valence-electron chi connectivity index (χ1n) is 30.5. The predicted molar refractivity (Wildman–Crippen MR) is 303 cm³/mol. The number of hydrogen-bond acceptors (Lipinski definition) is 15. The summed E-state index contributed by atoms with van der Waals surface area (Å²) in [5, 5.41) is 10.5. The summed E-state index contributed by atoms with van der Waals surface area (Å²) in [6.45, 7) is 9.28. The third kappa shape index (κ3) is 51.9. The summed E-state index contributed by atoms with van der Waals surface area (Å²) < 4.78 is 67.5. The number of carbonyl (C=O) groups excluding carboxylic acids is 4. The minimum absolute atomic E-state index is 0.104. The summed E-state index contributed by atoms with van der Waals surface area (Å²) in [5.74, 6) is -0.674. The fraction of sp³-hybridized carbons (Fsp3) is 0.931. The van der Waals surface area contributed by atoms with Gasteiger partial charge in [0, 0.05) is 25.7 Å². The number of rotatable bonds is 57. The number of unbranched alkanes of at least 4 members (excludes halogenated alkanes) is 26. The van der Waals surface area contributed by atoms with Crippen LogP contribution in [0.15, 0.2) is 0 Å². The molecule has 0 fully saturated rings. The lowest BCUT2D eigenvalue weighted by Gasteiger charge is -2.21. The van der Waals surface area contributed by atoms with Crippen LogP contribution < -0.4 is 0 Å². The highest BCUT2D eigenvalue weighted by Gasteiger charge is 2.30. The molecule has 0 heterocycles. The van der Waals surface area contributed by atoms with Gasteiger partial charge >= 0.3 is 39.5 Å². The van der Waals surface area contributed by atoms with Gasteiger partial charge in [0.25, 0.3) is 0 Å². The molecule has 0 radical (unpaired) electrons. The van der Waals surface area contributed by atoms with E-state index in [-0.39, 0.29) is 25.7 Å². The second-order valence-corrected chi connectivity index (χ2v) is 24.7. The van der Waals surface area contributed by atoms with Gasteiger partial charge in [0.15, 0.2) is 12.2 Å². The van der Waals surface area contributed by atoms with E-state index in [2.05, 4.69) is 41.5 Å². The van der Waals surface area contributed by atoms with Crippen LogP contribution in [-0.4, -0.2) is 96.7 Å². The third-order valence-electron chi connectivity index (χ3n) is 13.6. The minimum Gasteiger partial charge on any atom is -0.462 e. The number of phosphoric acid groups is 2. The van der Waals surface area contributed by atoms with E-state index in [9.17, 15) is 43.2 Å². The monoisotopic (exact) mass is 1140 g/mol. The van der Waals surface area contributed by atoms with E-state index in [0.717, 1.165) is 109 Å². The van der Waals surface area contributed by atoms with Gasteiger partial charge in [-0.1, -0.05) is 228 Å². The zero-order valence-electron chi connectivity index (χ0n) is 49.2. The molecule has 0 aliphatic heterocycles. The van der Waals surface area contributed by atoms with Crippen LogP contribution in [0.25, 0.3) is 0 Å². The molecule has 0 aromatic rings. The number of ether oxygens (including phenoxy) is 4. The minimum atomic E-state index is -4.94. The van der Waals surface area contributed by atoms with Gasteiger partial charge in [-0.3, -0.25) is 37.3 Å². The van der Waals surface area contributed by atoms with Gasteiger partial charge < -0.3 is 33.8 Å². The fourth-order valence-electron chi connectivity index (χ4n) is 8.44. The number of carbonyl (C=O) groups is 4. The van der Waals surface area contributed by atoms with Crippen molar-refractivity contribution >= 4 is 39.5 Å². The Labute approximate surface area is 467 Å². The molecule has 3 N–H and O–H groups in total. The first-order valence-corrected chi connectivity index (χ1v) is 33.5. The van der Waals surface area contributed by atoms with Crippen molar-refractivity contribution in [1.29, 1.82) is 0 Å². The Kier molecular flexibility index (Phi) is 49.7. The molecule has 0 bridgehead atoms. The summed E-state index contributed by atoms with van der Waals surface area (Å²) in [6, 6.07) is 0. The molecule has 0 saturated heterocycles. The summed E-state index contributed by atoms with van der Waals surface area (Å²) in [7, 11) is -9.86. The molecule has 0 aromatic carbocycles. The second-order valence-electron chi connectivity index (χ2n) is 21.7. The molecule has 77 heavy (non-hydrogen) atoms. The Morgan fingerprint density at radius 2 is 0.662 bits per heavy atom. The molecular weight excluding hydrogens is 1030 g/mol. The number of esters is 4. The summed E-state index contributed by atoms with van der Waals surface area (Å²) in [4.78, 5) is 71.6. The average Bonchev–Trinajstić information content (AvgIpc) is 3.39. The molecule has 3 unspecified atom stereocenters. The highest BCUT2D eigenvalue weighted by Crippen LogP contribution is 2.45. The Morgan fingerprint density at radius 1 is 0.377 bits per heavy atom. The van der Waals surface area contributed by atoms with E-state index in [1.54, 1.807) is 0 Å². The van der Waals surface area contributed by atoms with Crippen molar-refractivity contribution in [1.82, 2.24) is 0 Å². The maximum atomic E-state index is 12.9. The standard InChI is InChI=1S/C58H112O17P2/c1-7-10-12-14-15-18-22-30-36-42-57(62)74-53(46-68-55(60)40-34-26-13-11-8-2)48-72-76(64,65)70-44-52(59)45-71-77(66,67)73-49-54(47-69-56(61)41-35-29-25-24-27-32-38-50(4)5)75-58(63)43-37-31-23-20-17-16-19-21-28-33-39-51(6)9-3/h50-54,59H,7-49H2,1-6H3,(H,64,65)(H,66,67)/t51?,52-,53+,54+/m0/s1. The fourth-order valence-corrected chi connectivity index (χ4v) is 10.0. The van der Waals surface area contributed by atoms with Crippen LogP contribution in [0.1, 0.15) is 279 Å². The van der Waals surface area contributed by atoms with Crippen molar-refractivity contribution in [3.05, 3.63) is 0 Å². The molecule has 6 atom stereocenters. The Hall–Kier alpha value is -1.94. The van der Waals surface area contributed by atoms with Gasteiger partial charge in [-0.2, -0.15) is 0 Å². The molecule has 0 aliphatic carbocycles. The molecule has 0 spiro atoms. The molecule has 0 saturated carbocycles. The summed E-state index contributed by atoms with van der Waals surface area (Å²) in [6.07, 6.45) is 31.1.